The van der Waals surface area contributed by atoms with Crippen molar-refractivity contribution in [3.05, 3.63) is 146 Å². The minimum Gasteiger partial charge on any atom is -0.459 e. The van der Waals surface area contributed by atoms with Crippen molar-refractivity contribution in [1.82, 2.24) is 19.9 Å². The van der Waals surface area contributed by atoms with Gasteiger partial charge in [0.25, 0.3) is 0 Å². The van der Waals surface area contributed by atoms with Gasteiger partial charge in [0.1, 0.15) is 26.4 Å². The minimum atomic E-state index is -0.457. The number of benzene rings is 2. The first-order valence-electron chi connectivity index (χ1n) is 19.5. The third-order valence-electron chi connectivity index (χ3n) is 9.18. The van der Waals surface area contributed by atoms with Crippen molar-refractivity contribution in [2.45, 2.75) is 40.9 Å². The highest BCUT2D eigenvalue weighted by molar-refractivity contribution is 5.75. The average molecular weight is 795 g/mol. The molecule has 0 fully saturated rings. The molecule has 59 heavy (non-hydrogen) atoms. The van der Waals surface area contributed by atoms with Crippen LogP contribution in [0.15, 0.2) is 135 Å². The molecule has 4 heterocycles. The summed E-state index contributed by atoms with van der Waals surface area (Å²) in [4.78, 5) is 42.4. The Morgan fingerprint density at radius 3 is 1.03 bits per heavy atom. The lowest BCUT2D eigenvalue weighted by Gasteiger charge is -2.28. The highest BCUT2D eigenvalue weighted by Gasteiger charge is 2.24. The standard InChI is InChI=1S/C48H50N4O7/c1-47(2,31-55-29-45(53)58-27-35-17-41(37-9-5-13-49-23-37)21-42(18-35)38-10-6-14-50-24-38)33-57-34-48(3,4)32-56-30-46(54)59-28-36-19-43(39-11-7-15-51-25-39)22-44(20-36)40-12-8-16-52-26-40/h5-26H,27-34H2,1-4H3. The monoisotopic (exact) mass is 794 g/mol. The molecule has 0 aliphatic heterocycles. The Balaban J connectivity index is 0.899. The highest BCUT2D eigenvalue weighted by atomic mass is 16.6. The molecule has 0 saturated heterocycles. The van der Waals surface area contributed by atoms with Crippen LogP contribution in [0, 0.1) is 10.8 Å². The van der Waals surface area contributed by atoms with E-state index in [9.17, 15) is 9.59 Å². The predicted molar refractivity (Wildman–Crippen MR) is 225 cm³/mol. The van der Waals surface area contributed by atoms with Crippen LogP contribution in [-0.4, -0.2) is 71.5 Å². The summed E-state index contributed by atoms with van der Waals surface area (Å²) in [6.45, 7) is 9.23. The fourth-order valence-corrected chi connectivity index (χ4v) is 6.27. The van der Waals surface area contributed by atoms with Crippen molar-refractivity contribution in [2.24, 2.45) is 10.8 Å². The van der Waals surface area contributed by atoms with Crippen molar-refractivity contribution < 1.29 is 33.3 Å². The number of rotatable bonds is 20. The number of hydrogen-bond acceptors (Lipinski definition) is 11. The van der Waals surface area contributed by atoms with Crippen LogP contribution in [0.25, 0.3) is 44.5 Å². The maximum absolute atomic E-state index is 12.7. The highest BCUT2D eigenvalue weighted by Crippen LogP contribution is 2.30. The molecule has 6 rings (SSSR count). The summed E-state index contributed by atoms with van der Waals surface area (Å²) >= 11 is 0. The number of carbonyl (C=O) groups is 2. The van der Waals surface area contributed by atoms with Crippen LogP contribution in [0.1, 0.15) is 38.8 Å². The summed E-state index contributed by atoms with van der Waals surface area (Å²) in [5, 5.41) is 0. The van der Waals surface area contributed by atoms with Gasteiger partial charge in [-0.05, 0) is 94.0 Å². The van der Waals surface area contributed by atoms with Gasteiger partial charge in [0, 0.05) is 82.7 Å². The third-order valence-corrected chi connectivity index (χ3v) is 9.18. The second-order valence-corrected chi connectivity index (χ2v) is 15.9. The van der Waals surface area contributed by atoms with Gasteiger partial charge in [-0.15, -0.1) is 0 Å². The zero-order valence-corrected chi connectivity index (χ0v) is 34.0. The van der Waals surface area contributed by atoms with Gasteiger partial charge in [-0.25, -0.2) is 9.59 Å². The molecule has 0 aliphatic rings. The predicted octanol–water partition coefficient (Wildman–Crippen LogP) is 8.82. The maximum atomic E-state index is 12.7. The molecular formula is C48H50N4O7. The van der Waals surface area contributed by atoms with E-state index in [0.717, 1.165) is 55.6 Å². The van der Waals surface area contributed by atoms with Crippen LogP contribution < -0.4 is 0 Å². The molecule has 0 amide bonds. The SMILES string of the molecule is CC(C)(COCC(=O)OCc1cc(-c2cccnc2)cc(-c2cccnc2)c1)COCC(C)(C)COCC(=O)OCc1cc(-c2cccnc2)cc(-c2cccnc2)c1. The molecule has 0 radical (unpaired) electrons. The van der Waals surface area contributed by atoms with Crippen LogP contribution in [-0.2, 0) is 46.5 Å². The number of carbonyl (C=O) groups excluding carboxylic acids is 2. The Bertz CT molecular complexity index is 1980. The summed E-state index contributed by atoms with van der Waals surface area (Å²) in [6.07, 6.45) is 14.1. The summed E-state index contributed by atoms with van der Waals surface area (Å²) in [7, 11) is 0. The number of aromatic nitrogens is 4. The number of ether oxygens (including phenoxy) is 5. The lowest BCUT2D eigenvalue weighted by atomic mass is 9.94. The van der Waals surface area contributed by atoms with Gasteiger partial charge in [-0.2, -0.15) is 0 Å². The summed E-state index contributed by atoms with van der Waals surface area (Å²) in [6, 6.07) is 27.6. The molecule has 304 valence electrons. The summed E-state index contributed by atoms with van der Waals surface area (Å²) in [5.41, 5.74) is 8.64. The van der Waals surface area contributed by atoms with E-state index in [2.05, 4.69) is 32.1 Å². The Hall–Kier alpha value is -6.14. The lowest BCUT2D eigenvalue weighted by molar-refractivity contribution is -0.152. The average Bonchev–Trinajstić information content (AvgIpc) is 3.25. The molecule has 0 saturated carbocycles. The van der Waals surface area contributed by atoms with Gasteiger partial charge in [-0.1, -0.05) is 52.0 Å². The first-order chi connectivity index (χ1) is 28.5. The number of hydrogen-bond donors (Lipinski definition) is 0. The van der Waals surface area contributed by atoms with Crippen LogP contribution in [0.4, 0.5) is 0 Å². The fourth-order valence-electron chi connectivity index (χ4n) is 6.27. The second-order valence-electron chi connectivity index (χ2n) is 15.9. The Morgan fingerprint density at radius 1 is 0.441 bits per heavy atom. The molecule has 0 aliphatic carbocycles. The van der Waals surface area contributed by atoms with E-state index in [1.54, 1.807) is 49.6 Å². The Kier molecular flexibility index (Phi) is 14.8. The summed E-state index contributed by atoms with van der Waals surface area (Å²) < 4.78 is 28.8. The Labute approximate surface area is 345 Å². The van der Waals surface area contributed by atoms with E-state index < -0.39 is 11.9 Å². The molecule has 0 atom stereocenters. The second kappa shape index (κ2) is 20.5. The molecule has 4 aromatic heterocycles. The van der Waals surface area contributed by atoms with E-state index in [1.165, 1.54) is 0 Å². The van der Waals surface area contributed by atoms with Gasteiger partial charge in [0.2, 0.25) is 0 Å². The van der Waals surface area contributed by atoms with Crippen molar-refractivity contribution in [3.63, 3.8) is 0 Å². The van der Waals surface area contributed by atoms with E-state index in [4.69, 9.17) is 23.7 Å². The normalized spacial score (nSPS) is 11.6. The molecule has 0 N–H and O–H groups in total. The largest absolute Gasteiger partial charge is 0.459 e. The maximum Gasteiger partial charge on any atom is 0.332 e. The van der Waals surface area contributed by atoms with Crippen LogP contribution in [0.3, 0.4) is 0 Å². The van der Waals surface area contributed by atoms with E-state index in [1.807, 2.05) is 100 Å². The lowest BCUT2D eigenvalue weighted by Crippen LogP contribution is -2.32. The summed E-state index contributed by atoms with van der Waals surface area (Å²) in [5.74, 6) is -0.915. The molecular weight excluding hydrogens is 745 g/mol. The van der Waals surface area contributed by atoms with Crippen LogP contribution in [0.2, 0.25) is 0 Å². The third kappa shape index (κ3) is 13.5. The fraction of sp³-hybridized carbons (Fsp3) is 0.292. The first kappa shape index (κ1) is 42.5. The van der Waals surface area contributed by atoms with Crippen molar-refractivity contribution in [2.75, 3.05) is 39.6 Å². The molecule has 0 bridgehead atoms. The van der Waals surface area contributed by atoms with E-state index in [0.29, 0.717) is 26.4 Å². The van der Waals surface area contributed by atoms with Crippen molar-refractivity contribution in [3.8, 4) is 44.5 Å². The van der Waals surface area contributed by atoms with Crippen molar-refractivity contribution in [1.29, 1.82) is 0 Å². The smallest absolute Gasteiger partial charge is 0.332 e. The van der Waals surface area contributed by atoms with E-state index in [-0.39, 0.29) is 37.3 Å². The first-order valence-corrected chi connectivity index (χ1v) is 19.5. The van der Waals surface area contributed by atoms with Gasteiger partial charge >= 0.3 is 11.9 Å². The van der Waals surface area contributed by atoms with Crippen molar-refractivity contribution >= 4 is 11.9 Å². The van der Waals surface area contributed by atoms with Crippen LogP contribution >= 0.6 is 0 Å². The zero-order valence-electron chi connectivity index (χ0n) is 34.0. The van der Waals surface area contributed by atoms with Gasteiger partial charge in [0.15, 0.2) is 0 Å². The number of nitrogens with zero attached hydrogens (tertiary/aromatic N) is 4. The Morgan fingerprint density at radius 2 is 0.746 bits per heavy atom. The van der Waals surface area contributed by atoms with Gasteiger partial charge < -0.3 is 23.7 Å². The minimum absolute atomic E-state index is 0.0966. The van der Waals surface area contributed by atoms with E-state index >= 15 is 0 Å². The van der Waals surface area contributed by atoms with Gasteiger partial charge in [-0.3, -0.25) is 19.9 Å². The molecule has 6 aromatic rings. The molecule has 0 unspecified atom stereocenters. The van der Waals surface area contributed by atoms with Crippen LogP contribution in [0.5, 0.6) is 0 Å². The zero-order chi connectivity index (χ0) is 41.5. The molecule has 11 nitrogen and oxygen atoms in total. The quantitative estimate of drug-likeness (QED) is 0.0687. The number of esters is 2. The molecule has 0 spiro atoms. The molecule has 2 aromatic carbocycles. The topological polar surface area (TPSA) is 132 Å². The number of pyridine rings is 4. The molecule has 11 heteroatoms. The van der Waals surface area contributed by atoms with Gasteiger partial charge in [0.05, 0.1) is 26.4 Å².